The molecule has 0 spiro atoms. The van der Waals surface area contributed by atoms with Crippen LogP contribution in [0.4, 0.5) is 0 Å². The molecule has 6 heteroatoms. The van der Waals surface area contributed by atoms with Crippen LogP contribution in [0.5, 0.6) is 0 Å². The Hall–Kier alpha value is -0.460. The lowest BCUT2D eigenvalue weighted by Gasteiger charge is -2.27. The topological polar surface area (TPSA) is 73.1 Å². The molecule has 1 aliphatic heterocycles. The molecule has 2 heterocycles. The molecule has 0 aliphatic carbocycles. The Bertz CT molecular complexity index is 558. The SMILES string of the molecule is CC(C)(C)c1csc(CC(N)C2CCCCS2(=O)=O)n1. The molecule has 20 heavy (non-hydrogen) atoms. The molecule has 114 valence electrons. The van der Waals surface area contributed by atoms with Crippen LogP contribution < -0.4 is 5.73 Å². The summed E-state index contributed by atoms with van der Waals surface area (Å²) in [5, 5.41) is 2.61. The van der Waals surface area contributed by atoms with Gasteiger partial charge in [0.2, 0.25) is 0 Å². The molecule has 1 aromatic rings. The Morgan fingerprint density at radius 1 is 1.45 bits per heavy atom. The highest BCUT2D eigenvalue weighted by Crippen LogP contribution is 2.27. The van der Waals surface area contributed by atoms with Crippen molar-refractivity contribution in [1.29, 1.82) is 0 Å². The molecule has 2 unspecified atom stereocenters. The van der Waals surface area contributed by atoms with Crippen LogP contribution in [0.15, 0.2) is 5.38 Å². The number of hydrogen-bond donors (Lipinski definition) is 1. The van der Waals surface area contributed by atoms with E-state index < -0.39 is 15.1 Å². The smallest absolute Gasteiger partial charge is 0.154 e. The first kappa shape index (κ1) is 15.9. The maximum atomic E-state index is 12.1. The minimum absolute atomic E-state index is 0.0236. The van der Waals surface area contributed by atoms with E-state index in [9.17, 15) is 8.42 Å². The number of thiazole rings is 1. The maximum absolute atomic E-state index is 12.1. The summed E-state index contributed by atoms with van der Waals surface area (Å²) in [6.45, 7) is 6.37. The summed E-state index contributed by atoms with van der Waals surface area (Å²) in [6.07, 6.45) is 2.99. The van der Waals surface area contributed by atoms with E-state index in [-0.39, 0.29) is 17.2 Å². The van der Waals surface area contributed by atoms with Gasteiger partial charge in [-0.2, -0.15) is 0 Å². The highest BCUT2D eigenvalue weighted by Gasteiger charge is 2.34. The standard InChI is InChI=1S/C14H24N2O2S2/c1-14(2,3)12-9-19-13(16-12)8-10(15)11-6-4-5-7-20(11,17)18/h9-11H,4-8,15H2,1-3H3. The van der Waals surface area contributed by atoms with Gasteiger partial charge in [0.1, 0.15) is 0 Å². The summed E-state index contributed by atoms with van der Waals surface area (Å²) in [5.41, 5.74) is 7.24. The second kappa shape index (κ2) is 5.73. The molecule has 0 amide bonds. The Labute approximate surface area is 125 Å². The van der Waals surface area contributed by atoms with Crippen LogP contribution in [-0.2, 0) is 21.7 Å². The van der Waals surface area contributed by atoms with Crippen molar-refractivity contribution in [2.45, 2.75) is 63.2 Å². The van der Waals surface area contributed by atoms with Gasteiger partial charge in [-0.1, -0.05) is 27.2 Å². The van der Waals surface area contributed by atoms with Crippen LogP contribution >= 0.6 is 11.3 Å². The predicted molar refractivity (Wildman–Crippen MR) is 83.9 cm³/mol. The average molecular weight is 316 g/mol. The molecule has 2 atom stereocenters. The average Bonchev–Trinajstić information content (AvgIpc) is 2.76. The molecule has 0 radical (unpaired) electrons. The zero-order valence-electron chi connectivity index (χ0n) is 12.4. The van der Waals surface area contributed by atoms with E-state index in [0.29, 0.717) is 12.8 Å². The third-order valence-electron chi connectivity index (χ3n) is 3.84. The molecule has 1 fully saturated rings. The van der Waals surface area contributed by atoms with Crippen molar-refractivity contribution in [3.05, 3.63) is 16.1 Å². The van der Waals surface area contributed by atoms with E-state index in [1.165, 1.54) is 0 Å². The fourth-order valence-electron chi connectivity index (χ4n) is 2.54. The largest absolute Gasteiger partial charge is 0.326 e. The van der Waals surface area contributed by atoms with Gasteiger partial charge in [-0.15, -0.1) is 11.3 Å². The van der Waals surface area contributed by atoms with Crippen LogP contribution in [0.1, 0.15) is 50.7 Å². The maximum Gasteiger partial charge on any atom is 0.154 e. The van der Waals surface area contributed by atoms with Gasteiger partial charge in [0, 0.05) is 23.3 Å². The third kappa shape index (κ3) is 3.59. The number of nitrogens with two attached hydrogens (primary N) is 1. The van der Waals surface area contributed by atoms with Crippen LogP contribution in [0.3, 0.4) is 0 Å². The second-order valence-corrected chi connectivity index (χ2v) is 9.93. The normalized spacial score (nSPS) is 24.5. The molecule has 0 saturated carbocycles. The quantitative estimate of drug-likeness (QED) is 0.928. The highest BCUT2D eigenvalue weighted by molar-refractivity contribution is 7.92. The minimum Gasteiger partial charge on any atom is -0.326 e. The van der Waals surface area contributed by atoms with Gasteiger partial charge in [0.25, 0.3) is 0 Å². The Morgan fingerprint density at radius 3 is 2.70 bits per heavy atom. The Balaban J connectivity index is 2.08. The molecular weight excluding hydrogens is 292 g/mol. The van der Waals surface area contributed by atoms with Crippen molar-refractivity contribution in [2.75, 3.05) is 5.75 Å². The summed E-state index contributed by atoms with van der Waals surface area (Å²) in [6, 6.07) is -0.334. The molecule has 2 N–H and O–H groups in total. The third-order valence-corrected chi connectivity index (χ3v) is 7.07. The molecule has 1 saturated heterocycles. The summed E-state index contributed by atoms with van der Waals surface area (Å²) in [4.78, 5) is 4.61. The fourth-order valence-corrected chi connectivity index (χ4v) is 5.70. The molecular formula is C14H24N2O2S2. The first-order valence-electron chi connectivity index (χ1n) is 7.12. The number of sulfone groups is 1. The van der Waals surface area contributed by atoms with Gasteiger partial charge < -0.3 is 5.73 Å². The monoisotopic (exact) mass is 316 g/mol. The van der Waals surface area contributed by atoms with Crippen molar-refractivity contribution in [2.24, 2.45) is 5.73 Å². The van der Waals surface area contributed by atoms with E-state index in [0.717, 1.165) is 23.5 Å². The molecule has 4 nitrogen and oxygen atoms in total. The number of aromatic nitrogens is 1. The van der Waals surface area contributed by atoms with Crippen LogP contribution in [0.2, 0.25) is 0 Å². The number of nitrogens with zero attached hydrogens (tertiary/aromatic N) is 1. The summed E-state index contributed by atoms with van der Waals surface area (Å²) < 4.78 is 24.2. The minimum atomic E-state index is -3.01. The van der Waals surface area contributed by atoms with Gasteiger partial charge in [-0.3, -0.25) is 0 Å². The lowest BCUT2D eigenvalue weighted by atomic mass is 9.93. The zero-order valence-corrected chi connectivity index (χ0v) is 14.1. The van der Waals surface area contributed by atoms with Crippen molar-refractivity contribution < 1.29 is 8.42 Å². The highest BCUT2D eigenvalue weighted by atomic mass is 32.2. The van der Waals surface area contributed by atoms with Crippen LogP contribution in [0.25, 0.3) is 0 Å². The Morgan fingerprint density at radius 2 is 2.15 bits per heavy atom. The first-order chi connectivity index (χ1) is 9.20. The van der Waals surface area contributed by atoms with Gasteiger partial charge in [-0.05, 0) is 12.8 Å². The van der Waals surface area contributed by atoms with E-state index >= 15 is 0 Å². The van der Waals surface area contributed by atoms with Gasteiger partial charge >= 0.3 is 0 Å². The van der Waals surface area contributed by atoms with Gasteiger partial charge in [0.05, 0.1) is 21.7 Å². The summed E-state index contributed by atoms with van der Waals surface area (Å²) in [5.74, 6) is 0.288. The first-order valence-corrected chi connectivity index (χ1v) is 9.72. The van der Waals surface area contributed by atoms with E-state index in [1.54, 1.807) is 11.3 Å². The van der Waals surface area contributed by atoms with Crippen LogP contribution in [0, 0.1) is 0 Å². The van der Waals surface area contributed by atoms with E-state index in [2.05, 4.69) is 31.1 Å². The molecule has 1 aliphatic rings. The van der Waals surface area contributed by atoms with E-state index in [4.69, 9.17) is 5.73 Å². The molecule has 0 bridgehead atoms. The number of hydrogen-bond acceptors (Lipinski definition) is 5. The summed E-state index contributed by atoms with van der Waals surface area (Å²) in [7, 11) is -3.01. The van der Waals surface area contributed by atoms with Gasteiger partial charge in [0.15, 0.2) is 9.84 Å². The lowest BCUT2D eigenvalue weighted by Crippen LogP contribution is -2.44. The predicted octanol–water partition coefficient (Wildman–Crippen LogP) is 2.28. The Kier molecular flexibility index (Phi) is 4.56. The van der Waals surface area contributed by atoms with Crippen molar-refractivity contribution in [3.63, 3.8) is 0 Å². The second-order valence-electron chi connectivity index (χ2n) is 6.65. The fraction of sp³-hybridized carbons (Fsp3) is 0.786. The molecule has 0 aromatic carbocycles. The van der Waals surface area contributed by atoms with Crippen molar-refractivity contribution in [1.82, 2.24) is 4.98 Å². The molecule has 1 aromatic heterocycles. The van der Waals surface area contributed by atoms with Gasteiger partial charge in [-0.25, -0.2) is 13.4 Å². The van der Waals surface area contributed by atoms with Crippen LogP contribution in [-0.4, -0.2) is 30.4 Å². The zero-order chi connectivity index (χ0) is 15.0. The molecule has 2 rings (SSSR count). The number of rotatable bonds is 3. The van der Waals surface area contributed by atoms with E-state index in [1.807, 2.05) is 0 Å². The lowest BCUT2D eigenvalue weighted by molar-refractivity contribution is 0.493. The summed E-state index contributed by atoms with van der Waals surface area (Å²) >= 11 is 1.58. The van der Waals surface area contributed by atoms with Crippen molar-refractivity contribution >= 4 is 21.2 Å². The van der Waals surface area contributed by atoms with Crippen molar-refractivity contribution in [3.8, 4) is 0 Å².